The van der Waals surface area contributed by atoms with Crippen LogP contribution < -0.4 is 10.6 Å². The van der Waals surface area contributed by atoms with Gasteiger partial charge in [0.2, 0.25) is 5.96 Å². The second kappa shape index (κ2) is 10.7. The van der Waals surface area contributed by atoms with E-state index in [-0.39, 0.29) is 29.7 Å². The molecule has 2 N–H and O–H groups in total. The molecule has 36 heavy (non-hydrogen) atoms. The van der Waals surface area contributed by atoms with Crippen LogP contribution in [0.2, 0.25) is 0 Å². The zero-order valence-electron chi connectivity index (χ0n) is 20.1. The summed E-state index contributed by atoms with van der Waals surface area (Å²) in [6.45, 7) is 8.81. The Balaban J connectivity index is 1.84. The highest BCUT2D eigenvalue weighted by molar-refractivity contribution is 6.05. The number of guanidine groups is 1. The van der Waals surface area contributed by atoms with E-state index < -0.39 is 29.1 Å². The van der Waals surface area contributed by atoms with Gasteiger partial charge in [-0.05, 0) is 51.0 Å². The third-order valence-electron chi connectivity index (χ3n) is 5.32. The van der Waals surface area contributed by atoms with Crippen LogP contribution in [0.4, 0.5) is 27.6 Å². The van der Waals surface area contributed by atoms with Gasteiger partial charge in [0.05, 0.1) is 23.6 Å². The Morgan fingerprint density at radius 3 is 2.58 bits per heavy atom. The van der Waals surface area contributed by atoms with Crippen molar-refractivity contribution in [2.24, 2.45) is 9.98 Å². The molecule has 7 nitrogen and oxygen atoms in total. The lowest BCUT2D eigenvalue weighted by molar-refractivity contribution is -0.141. The first-order valence-electron chi connectivity index (χ1n) is 11.1. The SMILES string of the molecule is C=C(NC(=NCC1(C)CCCO1)N=C(C)c1cccc(C(F)(F)F)n1)Nc1ccnc(C(C)(F)F)c1. The Labute approximate surface area is 205 Å². The number of rotatable bonds is 7. The lowest BCUT2D eigenvalue weighted by Gasteiger charge is -2.21. The van der Waals surface area contributed by atoms with Crippen LogP contribution in [0.1, 0.15) is 50.7 Å². The summed E-state index contributed by atoms with van der Waals surface area (Å²) in [4.78, 5) is 16.1. The van der Waals surface area contributed by atoms with Gasteiger partial charge in [0.25, 0.3) is 5.92 Å². The number of hydrogen-bond donors (Lipinski definition) is 2. The van der Waals surface area contributed by atoms with Gasteiger partial charge in [0, 0.05) is 25.4 Å². The Morgan fingerprint density at radius 1 is 1.19 bits per heavy atom. The maximum Gasteiger partial charge on any atom is 0.433 e. The number of pyridine rings is 2. The lowest BCUT2D eigenvalue weighted by Crippen LogP contribution is -2.31. The minimum absolute atomic E-state index is 0.0187. The molecule has 0 aromatic carbocycles. The minimum atomic E-state index is -4.60. The Bertz CT molecular complexity index is 1150. The van der Waals surface area contributed by atoms with E-state index in [1.54, 1.807) is 0 Å². The molecule has 3 heterocycles. The van der Waals surface area contributed by atoms with Crippen LogP contribution in [0.3, 0.4) is 0 Å². The predicted molar refractivity (Wildman–Crippen MR) is 127 cm³/mol. The number of ether oxygens (including phenoxy) is 1. The van der Waals surface area contributed by atoms with E-state index >= 15 is 0 Å². The summed E-state index contributed by atoms with van der Waals surface area (Å²) < 4.78 is 72.2. The summed E-state index contributed by atoms with van der Waals surface area (Å²) in [6.07, 6.45) is -1.70. The van der Waals surface area contributed by atoms with Gasteiger partial charge in [-0.3, -0.25) is 4.98 Å². The number of aliphatic imine (C=N–C) groups is 2. The van der Waals surface area contributed by atoms with E-state index in [1.165, 1.54) is 37.4 Å². The Morgan fingerprint density at radius 2 is 1.94 bits per heavy atom. The van der Waals surface area contributed by atoms with E-state index in [1.807, 2.05) is 6.92 Å². The second-order valence-electron chi connectivity index (χ2n) is 8.69. The van der Waals surface area contributed by atoms with Gasteiger partial charge in [0.1, 0.15) is 17.2 Å². The molecule has 0 spiro atoms. The summed E-state index contributed by atoms with van der Waals surface area (Å²) in [5.41, 5.74) is -1.48. The Kier molecular flexibility index (Phi) is 8.07. The summed E-state index contributed by atoms with van der Waals surface area (Å²) in [5, 5.41) is 5.69. The quantitative estimate of drug-likeness (QED) is 0.291. The zero-order chi connectivity index (χ0) is 26.6. The van der Waals surface area contributed by atoms with E-state index in [0.29, 0.717) is 12.3 Å². The highest BCUT2D eigenvalue weighted by Crippen LogP contribution is 2.28. The molecule has 194 valence electrons. The molecular weight excluding hydrogens is 483 g/mol. The average molecular weight is 511 g/mol. The van der Waals surface area contributed by atoms with Crippen LogP contribution in [0.15, 0.2) is 58.9 Å². The number of alkyl halides is 5. The lowest BCUT2D eigenvalue weighted by atomic mass is 10.0. The fraction of sp³-hybridized carbons (Fsp3) is 0.417. The van der Waals surface area contributed by atoms with Crippen molar-refractivity contribution < 1.29 is 26.7 Å². The van der Waals surface area contributed by atoms with E-state index in [2.05, 4.69) is 37.2 Å². The molecule has 0 amide bonds. The maximum atomic E-state index is 13.6. The monoisotopic (exact) mass is 510 g/mol. The van der Waals surface area contributed by atoms with Crippen LogP contribution in [-0.4, -0.2) is 40.4 Å². The van der Waals surface area contributed by atoms with Crippen molar-refractivity contribution in [2.45, 2.75) is 51.3 Å². The number of nitrogens with zero attached hydrogens (tertiary/aromatic N) is 4. The van der Waals surface area contributed by atoms with Crippen LogP contribution in [0.5, 0.6) is 0 Å². The molecule has 0 bridgehead atoms. The van der Waals surface area contributed by atoms with Crippen molar-refractivity contribution in [3.63, 3.8) is 0 Å². The van der Waals surface area contributed by atoms with Crippen molar-refractivity contribution >= 4 is 17.4 Å². The number of aromatic nitrogens is 2. The summed E-state index contributed by atoms with van der Waals surface area (Å²) >= 11 is 0. The van der Waals surface area contributed by atoms with Crippen molar-refractivity contribution in [1.29, 1.82) is 0 Å². The molecule has 0 radical (unpaired) electrons. The first-order valence-corrected chi connectivity index (χ1v) is 11.1. The van der Waals surface area contributed by atoms with Crippen molar-refractivity contribution in [1.82, 2.24) is 15.3 Å². The van der Waals surface area contributed by atoms with Crippen molar-refractivity contribution in [3.8, 4) is 0 Å². The largest absolute Gasteiger partial charge is 0.433 e. The fourth-order valence-electron chi connectivity index (χ4n) is 3.41. The Hall–Kier alpha value is -3.41. The standard InChI is InChI=1S/C24H27F5N6O/c1-15(18-7-5-8-19(35-18)24(27,28)29)32-21(31-14-22(3)10-6-12-36-22)34-16(2)33-17-9-11-30-20(13-17)23(4,25)26/h5,7-9,11,13H,2,6,10,12,14H2,1,3-4H3,(H,30,33)(H,31,34). The van der Waals surface area contributed by atoms with Gasteiger partial charge in [-0.15, -0.1) is 0 Å². The summed E-state index contributed by atoms with van der Waals surface area (Å²) in [7, 11) is 0. The van der Waals surface area contributed by atoms with Gasteiger partial charge < -0.3 is 15.4 Å². The molecule has 1 fully saturated rings. The number of nitrogens with one attached hydrogen (secondary N) is 2. The molecule has 2 aromatic heterocycles. The second-order valence-corrected chi connectivity index (χ2v) is 8.69. The van der Waals surface area contributed by atoms with Gasteiger partial charge in [0.15, 0.2) is 0 Å². The average Bonchev–Trinajstić information content (AvgIpc) is 3.23. The molecule has 1 unspecified atom stereocenters. The van der Waals surface area contributed by atoms with Crippen LogP contribution in [0, 0.1) is 0 Å². The van der Waals surface area contributed by atoms with E-state index in [4.69, 9.17) is 4.74 Å². The first kappa shape index (κ1) is 27.2. The van der Waals surface area contributed by atoms with Crippen LogP contribution in [-0.2, 0) is 16.8 Å². The molecule has 1 aliphatic rings. The molecule has 1 atom stereocenters. The van der Waals surface area contributed by atoms with Gasteiger partial charge >= 0.3 is 6.18 Å². The molecule has 1 saturated heterocycles. The molecule has 1 aliphatic heterocycles. The van der Waals surface area contributed by atoms with Crippen LogP contribution >= 0.6 is 0 Å². The summed E-state index contributed by atoms with van der Waals surface area (Å²) in [6, 6.07) is 6.18. The summed E-state index contributed by atoms with van der Waals surface area (Å²) in [5.74, 6) is -2.94. The number of anilines is 1. The van der Waals surface area contributed by atoms with Gasteiger partial charge in [-0.1, -0.05) is 12.6 Å². The number of hydrogen-bond acceptors (Lipinski definition) is 5. The third-order valence-corrected chi connectivity index (χ3v) is 5.32. The number of halogens is 5. The third kappa shape index (κ3) is 7.54. The van der Waals surface area contributed by atoms with Gasteiger partial charge in [-0.25, -0.2) is 15.0 Å². The minimum Gasteiger partial charge on any atom is -0.373 e. The molecule has 2 aromatic rings. The molecular formula is C24H27F5N6O. The topological polar surface area (TPSA) is 83.8 Å². The molecule has 0 saturated carbocycles. The van der Waals surface area contributed by atoms with Crippen molar-refractivity contribution in [2.75, 3.05) is 18.5 Å². The zero-order valence-corrected chi connectivity index (χ0v) is 20.1. The van der Waals surface area contributed by atoms with Crippen molar-refractivity contribution in [3.05, 3.63) is 66.0 Å². The smallest absolute Gasteiger partial charge is 0.373 e. The highest BCUT2D eigenvalue weighted by Gasteiger charge is 2.33. The molecule has 0 aliphatic carbocycles. The van der Waals surface area contributed by atoms with Gasteiger partial charge in [-0.2, -0.15) is 22.0 Å². The fourth-order valence-corrected chi connectivity index (χ4v) is 3.41. The van der Waals surface area contributed by atoms with E-state index in [9.17, 15) is 22.0 Å². The predicted octanol–water partition coefficient (Wildman–Crippen LogP) is 5.51. The molecule has 3 rings (SSSR count). The molecule has 12 heteroatoms. The van der Waals surface area contributed by atoms with E-state index in [0.717, 1.165) is 25.8 Å². The van der Waals surface area contributed by atoms with Crippen LogP contribution in [0.25, 0.3) is 0 Å². The normalized spacial score (nSPS) is 19.3. The highest BCUT2D eigenvalue weighted by atomic mass is 19.4. The first-order chi connectivity index (χ1) is 16.7. The maximum absolute atomic E-state index is 13.6.